The summed E-state index contributed by atoms with van der Waals surface area (Å²) >= 11 is 0. The van der Waals surface area contributed by atoms with Crippen LogP contribution in [0.15, 0.2) is 6.07 Å². The molecule has 0 unspecified atom stereocenters. The van der Waals surface area contributed by atoms with Crippen LogP contribution in [-0.2, 0) is 11.3 Å². The van der Waals surface area contributed by atoms with Gasteiger partial charge in [0, 0.05) is 36.2 Å². The van der Waals surface area contributed by atoms with Gasteiger partial charge in [0.05, 0.1) is 6.61 Å². The van der Waals surface area contributed by atoms with Crippen molar-refractivity contribution in [1.29, 1.82) is 0 Å². The summed E-state index contributed by atoms with van der Waals surface area (Å²) in [6, 6.07) is 1.93. The lowest BCUT2D eigenvalue weighted by atomic mass is 10.1. The summed E-state index contributed by atoms with van der Waals surface area (Å²) in [4.78, 5) is 4.37. The van der Waals surface area contributed by atoms with Gasteiger partial charge in [-0.25, -0.2) is 0 Å². The minimum absolute atomic E-state index is 0.449. The Morgan fingerprint density at radius 1 is 1.24 bits per heavy atom. The van der Waals surface area contributed by atoms with Crippen molar-refractivity contribution in [2.75, 3.05) is 19.8 Å². The minimum Gasteiger partial charge on any atom is -0.491 e. The maximum atomic E-state index is 5.70. The monoisotopic (exact) mass is 238 g/mol. The third kappa shape index (κ3) is 4.32. The van der Waals surface area contributed by atoms with Crippen molar-refractivity contribution in [1.82, 2.24) is 4.98 Å². The number of hydrogen-bond donors (Lipinski definition) is 1. The molecule has 4 nitrogen and oxygen atoms in total. The maximum absolute atomic E-state index is 5.70. The Balaban J connectivity index is 2.57. The van der Waals surface area contributed by atoms with Gasteiger partial charge in [-0.05, 0) is 20.3 Å². The second-order valence-corrected chi connectivity index (χ2v) is 3.99. The lowest BCUT2D eigenvalue weighted by Gasteiger charge is -2.13. The van der Waals surface area contributed by atoms with E-state index in [2.05, 4.69) is 11.9 Å². The molecule has 1 aromatic heterocycles. The fourth-order valence-corrected chi connectivity index (χ4v) is 1.65. The SMILES string of the molecule is CCCOCCOc1cc(C)nc(C)c1CN. The van der Waals surface area contributed by atoms with Gasteiger partial charge >= 0.3 is 0 Å². The van der Waals surface area contributed by atoms with E-state index in [1.165, 1.54) is 0 Å². The molecule has 0 aliphatic carbocycles. The highest BCUT2D eigenvalue weighted by molar-refractivity contribution is 5.37. The number of rotatable bonds is 7. The van der Waals surface area contributed by atoms with E-state index in [0.29, 0.717) is 19.8 Å². The average Bonchev–Trinajstić information content (AvgIpc) is 2.28. The number of nitrogens with two attached hydrogens (primary N) is 1. The molecule has 0 aliphatic heterocycles. The Morgan fingerprint density at radius 2 is 2.00 bits per heavy atom. The Kier molecular flexibility index (Phi) is 5.94. The number of ether oxygens (including phenoxy) is 2. The molecule has 0 radical (unpaired) electrons. The number of aryl methyl sites for hydroxylation is 2. The van der Waals surface area contributed by atoms with Crippen molar-refractivity contribution in [2.24, 2.45) is 5.73 Å². The van der Waals surface area contributed by atoms with Crippen LogP contribution < -0.4 is 10.5 Å². The molecule has 0 fully saturated rings. The Hall–Kier alpha value is -1.13. The number of pyridine rings is 1. The molecule has 1 rings (SSSR count). The molecular weight excluding hydrogens is 216 g/mol. The fraction of sp³-hybridized carbons (Fsp3) is 0.615. The summed E-state index contributed by atoms with van der Waals surface area (Å²) < 4.78 is 11.1. The van der Waals surface area contributed by atoms with E-state index in [9.17, 15) is 0 Å². The van der Waals surface area contributed by atoms with Gasteiger partial charge in [-0.2, -0.15) is 0 Å². The van der Waals surface area contributed by atoms with Gasteiger partial charge in [-0.1, -0.05) is 6.92 Å². The lowest BCUT2D eigenvalue weighted by molar-refractivity contribution is 0.100. The highest BCUT2D eigenvalue weighted by Crippen LogP contribution is 2.21. The van der Waals surface area contributed by atoms with E-state index in [-0.39, 0.29) is 0 Å². The van der Waals surface area contributed by atoms with Crippen LogP contribution in [0.25, 0.3) is 0 Å². The largest absolute Gasteiger partial charge is 0.491 e. The summed E-state index contributed by atoms with van der Waals surface area (Å²) in [6.07, 6.45) is 1.03. The Bertz CT molecular complexity index is 354. The molecule has 2 N–H and O–H groups in total. The molecule has 96 valence electrons. The van der Waals surface area contributed by atoms with Crippen LogP contribution in [0.5, 0.6) is 5.75 Å². The van der Waals surface area contributed by atoms with Gasteiger partial charge in [-0.3, -0.25) is 4.98 Å². The van der Waals surface area contributed by atoms with Crippen LogP contribution in [0, 0.1) is 13.8 Å². The third-order valence-electron chi connectivity index (χ3n) is 2.46. The average molecular weight is 238 g/mol. The standard InChI is InChI=1S/C13H22N2O2/c1-4-5-16-6-7-17-13-8-10(2)15-11(3)12(13)9-14/h8H,4-7,9,14H2,1-3H3. The zero-order valence-electron chi connectivity index (χ0n) is 11.0. The van der Waals surface area contributed by atoms with Gasteiger partial charge in [0.25, 0.3) is 0 Å². The predicted molar refractivity (Wildman–Crippen MR) is 68.2 cm³/mol. The van der Waals surface area contributed by atoms with Gasteiger partial charge in [-0.15, -0.1) is 0 Å². The molecule has 1 aromatic rings. The van der Waals surface area contributed by atoms with Crippen LogP contribution in [0.3, 0.4) is 0 Å². The van der Waals surface area contributed by atoms with Gasteiger partial charge in [0.15, 0.2) is 0 Å². The molecule has 0 spiro atoms. The molecule has 0 bridgehead atoms. The van der Waals surface area contributed by atoms with Crippen molar-refractivity contribution in [3.05, 3.63) is 23.0 Å². The molecular formula is C13H22N2O2. The summed E-state index contributed by atoms with van der Waals surface area (Å²) in [6.45, 7) is 8.38. The van der Waals surface area contributed by atoms with Crippen LogP contribution in [0.2, 0.25) is 0 Å². The normalized spacial score (nSPS) is 10.6. The van der Waals surface area contributed by atoms with E-state index in [0.717, 1.165) is 35.7 Å². The molecule has 0 aliphatic rings. The molecule has 17 heavy (non-hydrogen) atoms. The van der Waals surface area contributed by atoms with E-state index in [1.807, 2.05) is 19.9 Å². The number of hydrogen-bond acceptors (Lipinski definition) is 4. The first kappa shape index (κ1) is 13.9. The number of nitrogens with zero attached hydrogens (tertiary/aromatic N) is 1. The number of aromatic nitrogens is 1. The summed E-state index contributed by atoms with van der Waals surface area (Å²) in [5.74, 6) is 0.831. The Morgan fingerprint density at radius 3 is 2.65 bits per heavy atom. The Labute approximate surface area is 103 Å². The summed E-state index contributed by atoms with van der Waals surface area (Å²) in [5, 5.41) is 0. The maximum Gasteiger partial charge on any atom is 0.127 e. The molecule has 0 aromatic carbocycles. The molecule has 0 amide bonds. The quantitative estimate of drug-likeness (QED) is 0.738. The third-order valence-corrected chi connectivity index (χ3v) is 2.46. The molecule has 0 atom stereocenters. The summed E-state index contributed by atoms with van der Waals surface area (Å²) in [7, 11) is 0. The first-order chi connectivity index (χ1) is 8.19. The lowest BCUT2D eigenvalue weighted by Crippen LogP contribution is -2.11. The first-order valence-corrected chi connectivity index (χ1v) is 6.06. The van der Waals surface area contributed by atoms with E-state index >= 15 is 0 Å². The van der Waals surface area contributed by atoms with Crippen LogP contribution >= 0.6 is 0 Å². The van der Waals surface area contributed by atoms with Gasteiger partial charge in [0.2, 0.25) is 0 Å². The van der Waals surface area contributed by atoms with Crippen molar-refractivity contribution in [2.45, 2.75) is 33.7 Å². The highest BCUT2D eigenvalue weighted by Gasteiger charge is 2.07. The minimum atomic E-state index is 0.449. The molecule has 4 heteroatoms. The molecule has 0 saturated heterocycles. The van der Waals surface area contributed by atoms with Gasteiger partial charge < -0.3 is 15.2 Å². The van der Waals surface area contributed by atoms with Crippen LogP contribution in [-0.4, -0.2) is 24.8 Å². The second kappa shape index (κ2) is 7.25. The van der Waals surface area contributed by atoms with Gasteiger partial charge in [0.1, 0.15) is 12.4 Å². The zero-order valence-corrected chi connectivity index (χ0v) is 11.0. The smallest absolute Gasteiger partial charge is 0.127 e. The van der Waals surface area contributed by atoms with Crippen molar-refractivity contribution in [3.63, 3.8) is 0 Å². The van der Waals surface area contributed by atoms with Crippen molar-refractivity contribution in [3.8, 4) is 5.75 Å². The topological polar surface area (TPSA) is 57.4 Å². The molecule has 1 heterocycles. The first-order valence-electron chi connectivity index (χ1n) is 6.06. The summed E-state index contributed by atoms with van der Waals surface area (Å²) in [5.41, 5.74) is 8.57. The fourth-order valence-electron chi connectivity index (χ4n) is 1.65. The zero-order chi connectivity index (χ0) is 12.7. The second-order valence-electron chi connectivity index (χ2n) is 3.99. The predicted octanol–water partition coefficient (Wildman–Crippen LogP) is 1.96. The van der Waals surface area contributed by atoms with Crippen LogP contribution in [0.1, 0.15) is 30.3 Å². The van der Waals surface area contributed by atoms with E-state index in [4.69, 9.17) is 15.2 Å². The highest BCUT2D eigenvalue weighted by atomic mass is 16.5. The van der Waals surface area contributed by atoms with E-state index < -0.39 is 0 Å². The van der Waals surface area contributed by atoms with Crippen LogP contribution in [0.4, 0.5) is 0 Å². The van der Waals surface area contributed by atoms with Crippen molar-refractivity contribution >= 4 is 0 Å². The van der Waals surface area contributed by atoms with Crippen molar-refractivity contribution < 1.29 is 9.47 Å². The van der Waals surface area contributed by atoms with E-state index in [1.54, 1.807) is 0 Å². The molecule has 0 saturated carbocycles.